The Bertz CT molecular complexity index is 1210. The average molecular weight is 419 g/mol. The first-order valence-electron chi connectivity index (χ1n) is 10.1. The van der Waals surface area contributed by atoms with Crippen molar-refractivity contribution < 1.29 is 4.74 Å². The molecule has 0 saturated carbocycles. The van der Waals surface area contributed by atoms with Gasteiger partial charge >= 0.3 is 0 Å². The van der Waals surface area contributed by atoms with Crippen molar-refractivity contribution in [2.75, 3.05) is 18.5 Å². The number of ether oxygens (including phenoxy) is 1. The Kier molecular flexibility index (Phi) is 5.66. The molecule has 0 bridgehead atoms. The molecule has 4 rings (SSSR count). The second-order valence-corrected chi connectivity index (χ2v) is 8.18. The number of aromatic nitrogens is 6. The minimum Gasteiger partial charge on any atom is -0.477 e. The molecular weight excluding hydrogens is 394 g/mol. The van der Waals surface area contributed by atoms with Crippen molar-refractivity contribution in [3.63, 3.8) is 0 Å². The third-order valence-electron chi connectivity index (χ3n) is 4.76. The van der Waals surface area contributed by atoms with Gasteiger partial charge in [-0.25, -0.2) is 14.5 Å². The normalized spacial score (nSPS) is 11.6. The molecule has 3 heterocycles. The number of anilines is 1. The third-order valence-corrected chi connectivity index (χ3v) is 4.76. The molecule has 0 amide bonds. The molecule has 31 heavy (non-hydrogen) atoms. The zero-order chi connectivity index (χ0) is 21.8. The van der Waals surface area contributed by atoms with Crippen LogP contribution in [0.15, 0.2) is 53.7 Å². The third kappa shape index (κ3) is 4.88. The highest BCUT2D eigenvalue weighted by molar-refractivity contribution is 5.60. The standard InChI is InChI=1S/C22H25N7O2/c1-22(2,3)16-7-5-15(6-8-16)20-26-17-13-18(30)28-29(17)21(27-20)25-9-4-12-31-19-14-23-10-11-24-19/h5-8,10-11,13-14H,4,9,12H2,1-3H3,(H,28,30)(H,25,26,27). The first-order chi connectivity index (χ1) is 14.9. The number of aromatic amines is 1. The predicted molar refractivity (Wildman–Crippen MR) is 118 cm³/mol. The molecule has 0 saturated heterocycles. The summed E-state index contributed by atoms with van der Waals surface area (Å²) in [6.45, 7) is 7.59. The molecule has 0 atom stereocenters. The van der Waals surface area contributed by atoms with Gasteiger partial charge in [-0.1, -0.05) is 45.0 Å². The van der Waals surface area contributed by atoms with E-state index in [0.717, 1.165) is 5.56 Å². The molecule has 0 spiro atoms. The fraction of sp³-hybridized carbons (Fsp3) is 0.318. The molecular formula is C22H25N7O2. The van der Waals surface area contributed by atoms with Gasteiger partial charge in [0, 0.05) is 30.6 Å². The zero-order valence-electron chi connectivity index (χ0n) is 17.8. The largest absolute Gasteiger partial charge is 0.477 e. The van der Waals surface area contributed by atoms with Crippen molar-refractivity contribution in [3.8, 4) is 17.3 Å². The number of hydrogen-bond acceptors (Lipinski definition) is 7. The second-order valence-electron chi connectivity index (χ2n) is 8.18. The molecule has 9 heteroatoms. The van der Waals surface area contributed by atoms with Crippen LogP contribution in [0.25, 0.3) is 17.0 Å². The van der Waals surface area contributed by atoms with E-state index >= 15 is 0 Å². The van der Waals surface area contributed by atoms with Crippen LogP contribution in [0.2, 0.25) is 0 Å². The Hall–Kier alpha value is -3.75. The quantitative estimate of drug-likeness (QED) is 0.443. The van der Waals surface area contributed by atoms with Crippen molar-refractivity contribution in [1.82, 2.24) is 29.5 Å². The summed E-state index contributed by atoms with van der Waals surface area (Å²) in [5, 5.41) is 5.98. The van der Waals surface area contributed by atoms with E-state index in [-0.39, 0.29) is 11.0 Å². The van der Waals surface area contributed by atoms with Gasteiger partial charge < -0.3 is 10.1 Å². The van der Waals surface area contributed by atoms with Crippen LogP contribution in [0.3, 0.4) is 0 Å². The molecule has 4 aromatic rings. The van der Waals surface area contributed by atoms with Gasteiger partial charge in [0.2, 0.25) is 11.8 Å². The van der Waals surface area contributed by atoms with Crippen LogP contribution < -0.4 is 15.6 Å². The first-order valence-corrected chi connectivity index (χ1v) is 10.1. The van der Waals surface area contributed by atoms with Gasteiger partial charge in [0.25, 0.3) is 5.56 Å². The maximum atomic E-state index is 11.9. The lowest BCUT2D eigenvalue weighted by atomic mass is 9.87. The van der Waals surface area contributed by atoms with Crippen molar-refractivity contribution in [2.45, 2.75) is 32.6 Å². The van der Waals surface area contributed by atoms with Crippen LogP contribution in [-0.4, -0.2) is 42.7 Å². The van der Waals surface area contributed by atoms with E-state index in [2.05, 4.69) is 63.3 Å². The molecule has 0 radical (unpaired) electrons. The van der Waals surface area contributed by atoms with Crippen LogP contribution >= 0.6 is 0 Å². The summed E-state index contributed by atoms with van der Waals surface area (Å²) in [5.74, 6) is 1.56. The summed E-state index contributed by atoms with van der Waals surface area (Å²) >= 11 is 0. The SMILES string of the molecule is CC(C)(C)c1ccc(-c2nc(NCCCOc3cnccn3)n3[nH]c(=O)cc3n2)cc1. The maximum absolute atomic E-state index is 11.9. The average Bonchev–Trinajstić information content (AvgIpc) is 3.14. The Labute approximate surface area is 179 Å². The Morgan fingerprint density at radius 3 is 2.65 bits per heavy atom. The highest BCUT2D eigenvalue weighted by Gasteiger charge is 2.15. The Morgan fingerprint density at radius 1 is 1.13 bits per heavy atom. The van der Waals surface area contributed by atoms with Gasteiger partial charge in [0.15, 0.2) is 11.5 Å². The molecule has 1 aromatic carbocycles. The predicted octanol–water partition coefficient (Wildman–Crippen LogP) is 3.05. The summed E-state index contributed by atoms with van der Waals surface area (Å²) < 4.78 is 7.11. The number of H-pyrrole nitrogens is 1. The molecule has 3 aromatic heterocycles. The van der Waals surface area contributed by atoms with Crippen molar-refractivity contribution >= 4 is 11.6 Å². The summed E-state index contributed by atoms with van der Waals surface area (Å²) in [6.07, 6.45) is 5.47. The van der Waals surface area contributed by atoms with E-state index in [1.165, 1.54) is 11.6 Å². The number of hydrogen-bond donors (Lipinski definition) is 2. The van der Waals surface area contributed by atoms with Crippen molar-refractivity contribution in [2.24, 2.45) is 0 Å². The lowest BCUT2D eigenvalue weighted by Gasteiger charge is -2.19. The monoisotopic (exact) mass is 419 g/mol. The van der Waals surface area contributed by atoms with Crippen LogP contribution in [0.4, 0.5) is 5.95 Å². The van der Waals surface area contributed by atoms with E-state index in [9.17, 15) is 4.79 Å². The van der Waals surface area contributed by atoms with Crippen molar-refractivity contribution in [3.05, 3.63) is 64.8 Å². The van der Waals surface area contributed by atoms with E-state index in [0.29, 0.717) is 42.9 Å². The molecule has 160 valence electrons. The van der Waals surface area contributed by atoms with Crippen LogP contribution in [0, 0.1) is 0 Å². The Morgan fingerprint density at radius 2 is 1.94 bits per heavy atom. The van der Waals surface area contributed by atoms with Gasteiger partial charge in [-0.15, -0.1) is 0 Å². The number of benzene rings is 1. The molecule has 9 nitrogen and oxygen atoms in total. The van der Waals surface area contributed by atoms with E-state index in [1.807, 2.05) is 12.1 Å². The molecule has 0 unspecified atom stereocenters. The molecule has 0 aliphatic heterocycles. The summed E-state index contributed by atoms with van der Waals surface area (Å²) in [6, 6.07) is 9.65. The van der Waals surface area contributed by atoms with E-state index < -0.39 is 0 Å². The van der Waals surface area contributed by atoms with Crippen LogP contribution in [-0.2, 0) is 5.41 Å². The lowest BCUT2D eigenvalue weighted by molar-refractivity contribution is 0.301. The topological polar surface area (TPSA) is 110 Å². The highest BCUT2D eigenvalue weighted by Crippen LogP contribution is 2.25. The highest BCUT2D eigenvalue weighted by atomic mass is 16.5. The maximum Gasteiger partial charge on any atom is 0.266 e. The summed E-state index contributed by atoms with van der Waals surface area (Å²) in [4.78, 5) is 29.1. The van der Waals surface area contributed by atoms with Crippen LogP contribution in [0.5, 0.6) is 5.88 Å². The summed E-state index contributed by atoms with van der Waals surface area (Å²) in [7, 11) is 0. The van der Waals surface area contributed by atoms with Gasteiger partial charge in [-0.05, 0) is 17.4 Å². The number of rotatable bonds is 7. The molecule has 2 N–H and O–H groups in total. The van der Waals surface area contributed by atoms with Gasteiger partial charge in [-0.3, -0.25) is 14.9 Å². The second kappa shape index (κ2) is 8.55. The fourth-order valence-corrected chi connectivity index (χ4v) is 3.09. The molecule has 0 fully saturated rings. The minimum atomic E-state index is -0.233. The number of nitrogens with one attached hydrogen (secondary N) is 2. The van der Waals surface area contributed by atoms with Gasteiger partial charge in [-0.2, -0.15) is 4.98 Å². The molecule has 0 aliphatic rings. The van der Waals surface area contributed by atoms with Crippen molar-refractivity contribution in [1.29, 1.82) is 0 Å². The van der Waals surface area contributed by atoms with E-state index in [1.54, 1.807) is 23.1 Å². The Balaban J connectivity index is 1.50. The summed E-state index contributed by atoms with van der Waals surface area (Å²) in [5.41, 5.74) is 2.46. The van der Waals surface area contributed by atoms with Gasteiger partial charge in [0.05, 0.1) is 12.8 Å². The minimum absolute atomic E-state index is 0.0669. The fourth-order valence-electron chi connectivity index (χ4n) is 3.09. The van der Waals surface area contributed by atoms with Gasteiger partial charge in [0.1, 0.15) is 0 Å². The van der Waals surface area contributed by atoms with E-state index in [4.69, 9.17) is 4.74 Å². The first kappa shape index (κ1) is 20.5. The lowest BCUT2D eigenvalue weighted by Crippen LogP contribution is -2.14. The van der Waals surface area contributed by atoms with Crippen LogP contribution in [0.1, 0.15) is 32.8 Å². The number of nitrogens with zero attached hydrogens (tertiary/aromatic N) is 5. The number of fused-ring (bicyclic) bond motifs is 1. The molecule has 0 aliphatic carbocycles. The zero-order valence-corrected chi connectivity index (χ0v) is 17.8. The smallest absolute Gasteiger partial charge is 0.266 e.